The van der Waals surface area contributed by atoms with E-state index in [0.29, 0.717) is 31.1 Å². The number of alkyl halides is 3. The van der Waals surface area contributed by atoms with E-state index >= 15 is 0 Å². The molecule has 4 rings (SSSR count). The van der Waals surface area contributed by atoms with E-state index in [0.717, 1.165) is 66.8 Å². The number of hydrogen-bond donors (Lipinski definition) is 0. The first-order valence-electron chi connectivity index (χ1n) is 13.0. The van der Waals surface area contributed by atoms with E-state index in [9.17, 15) is 18.0 Å². The molecule has 3 heterocycles. The molecular weight excluding hydrogens is 473 g/mol. The van der Waals surface area contributed by atoms with Crippen LogP contribution in [-0.2, 0) is 30.6 Å². The summed E-state index contributed by atoms with van der Waals surface area (Å²) in [5.41, 5.74) is 2.25. The predicted octanol–water partition coefficient (Wildman–Crippen LogP) is 5.79. The summed E-state index contributed by atoms with van der Waals surface area (Å²) in [6.07, 6.45) is 8.01. The molecule has 2 aromatic heterocycles. The minimum absolute atomic E-state index is 0.0817. The van der Waals surface area contributed by atoms with Crippen LogP contribution in [0.5, 0.6) is 0 Å². The molecule has 1 aliphatic carbocycles. The van der Waals surface area contributed by atoms with Crippen LogP contribution >= 0.6 is 11.3 Å². The molecule has 9 heteroatoms. The van der Waals surface area contributed by atoms with Crippen molar-refractivity contribution in [2.75, 3.05) is 19.6 Å². The molecule has 0 bridgehead atoms. The Hall–Kier alpha value is -1.74. The van der Waals surface area contributed by atoms with Gasteiger partial charge in [-0.15, -0.1) is 11.3 Å². The van der Waals surface area contributed by atoms with Crippen LogP contribution in [0.4, 0.5) is 13.2 Å². The van der Waals surface area contributed by atoms with Gasteiger partial charge >= 0.3 is 6.18 Å². The molecule has 35 heavy (non-hydrogen) atoms. The van der Waals surface area contributed by atoms with Gasteiger partial charge in [-0.25, -0.2) is 4.98 Å². The molecule has 0 aromatic carbocycles. The number of hydrogen-bond acceptors (Lipinski definition) is 5. The van der Waals surface area contributed by atoms with Gasteiger partial charge in [-0.05, 0) is 63.0 Å². The zero-order valence-electron chi connectivity index (χ0n) is 20.7. The van der Waals surface area contributed by atoms with Crippen molar-refractivity contribution in [2.45, 2.75) is 90.3 Å². The second kappa shape index (κ2) is 12.0. The van der Waals surface area contributed by atoms with Gasteiger partial charge in [0.25, 0.3) is 0 Å². The van der Waals surface area contributed by atoms with Crippen molar-refractivity contribution in [3.05, 3.63) is 33.5 Å². The smallest absolute Gasteiger partial charge is 0.303 e. The maximum atomic E-state index is 12.4. The maximum Gasteiger partial charge on any atom is 0.389 e. The lowest BCUT2D eigenvalue weighted by molar-refractivity contribution is -0.136. The fourth-order valence-electron chi connectivity index (χ4n) is 5.52. The first kappa shape index (κ1) is 26.3. The number of aromatic nitrogens is 3. The molecular formula is C26H37F3N4OS. The fourth-order valence-corrected chi connectivity index (χ4v) is 6.34. The van der Waals surface area contributed by atoms with Crippen molar-refractivity contribution in [3.8, 4) is 0 Å². The van der Waals surface area contributed by atoms with E-state index < -0.39 is 12.6 Å². The highest BCUT2D eigenvalue weighted by atomic mass is 32.1. The molecule has 0 radical (unpaired) electrons. The van der Waals surface area contributed by atoms with Crippen molar-refractivity contribution < 1.29 is 18.0 Å². The molecule has 2 aromatic rings. The molecule has 0 atom stereocenters. The topological polar surface area (TPSA) is 51.0 Å². The average molecular weight is 511 g/mol. The number of carbonyl (C=O) groups is 1. The largest absolute Gasteiger partial charge is 0.389 e. The highest BCUT2D eigenvalue weighted by molar-refractivity contribution is 7.11. The van der Waals surface area contributed by atoms with Gasteiger partial charge in [0.2, 0.25) is 0 Å². The number of thiazole rings is 1. The molecule has 1 fully saturated rings. The lowest BCUT2D eigenvalue weighted by Crippen LogP contribution is -2.30. The number of Topliss-reactive ketones (excluding diaryl/α,β-unsaturated/α-hetero) is 1. The lowest BCUT2D eigenvalue weighted by atomic mass is 9.78. The van der Waals surface area contributed by atoms with Crippen LogP contribution < -0.4 is 0 Å². The highest BCUT2D eigenvalue weighted by Gasteiger charge is 2.27. The van der Waals surface area contributed by atoms with E-state index in [-0.39, 0.29) is 6.42 Å². The summed E-state index contributed by atoms with van der Waals surface area (Å²) in [5, 5.41) is 5.59. The van der Waals surface area contributed by atoms with Gasteiger partial charge in [0, 0.05) is 62.6 Å². The highest BCUT2D eigenvalue weighted by Crippen LogP contribution is 2.33. The summed E-state index contributed by atoms with van der Waals surface area (Å²) >= 11 is 1.62. The number of aryl methyl sites for hydroxylation is 2. The van der Waals surface area contributed by atoms with Crippen molar-refractivity contribution in [2.24, 2.45) is 11.8 Å². The minimum atomic E-state index is -4.09. The van der Waals surface area contributed by atoms with E-state index in [1.807, 2.05) is 19.3 Å². The first-order chi connectivity index (χ1) is 16.7. The molecule has 5 nitrogen and oxygen atoms in total. The summed E-state index contributed by atoms with van der Waals surface area (Å²) in [6.45, 7) is 5.35. The third-order valence-corrected chi connectivity index (χ3v) is 8.42. The van der Waals surface area contributed by atoms with E-state index in [2.05, 4.69) is 15.0 Å². The van der Waals surface area contributed by atoms with Gasteiger partial charge in [-0.3, -0.25) is 9.48 Å². The van der Waals surface area contributed by atoms with Crippen LogP contribution in [0.2, 0.25) is 0 Å². The normalized spacial score (nSPS) is 21.6. The lowest BCUT2D eigenvalue weighted by Gasteiger charge is -2.30. The summed E-state index contributed by atoms with van der Waals surface area (Å²) in [4.78, 5) is 20.3. The monoisotopic (exact) mass is 510 g/mol. The molecule has 0 spiro atoms. The number of halogens is 3. The van der Waals surface area contributed by atoms with Crippen molar-refractivity contribution in [1.82, 2.24) is 19.7 Å². The molecule has 1 aliphatic heterocycles. The fraction of sp³-hybridized carbons (Fsp3) is 0.731. The van der Waals surface area contributed by atoms with Gasteiger partial charge in [-0.1, -0.05) is 12.8 Å². The average Bonchev–Trinajstić information content (AvgIpc) is 3.33. The maximum absolute atomic E-state index is 12.4. The number of carbonyl (C=O) groups excluding carboxylic acids is 1. The Morgan fingerprint density at radius 1 is 1.11 bits per heavy atom. The first-order valence-corrected chi connectivity index (χ1v) is 13.8. The van der Waals surface area contributed by atoms with E-state index in [1.165, 1.54) is 24.8 Å². The Bertz CT molecular complexity index is 937. The molecule has 0 unspecified atom stereocenters. The Morgan fingerprint density at radius 3 is 2.57 bits per heavy atom. The van der Waals surface area contributed by atoms with Crippen molar-refractivity contribution in [1.29, 1.82) is 0 Å². The van der Waals surface area contributed by atoms with Gasteiger partial charge in [-0.2, -0.15) is 18.3 Å². The SMILES string of the molecule is Cc1ncc(CC(=O)CC2CCC(CCN3CCc4cn(CCCC(F)(F)F)nc4CC3)CC2)s1. The third-order valence-electron chi connectivity index (χ3n) is 7.51. The second-order valence-corrected chi connectivity index (χ2v) is 11.7. The molecule has 2 aliphatic rings. The van der Waals surface area contributed by atoms with Crippen LogP contribution in [0.1, 0.15) is 72.5 Å². The third kappa shape index (κ3) is 8.41. The van der Waals surface area contributed by atoms with Gasteiger partial charge in [0.1, 0.15) is 5.78 Å². The molecule has 0 amide bonds. The van der Waals surface area contributed by atoms with Crippen LogP contribution in [0, 0.1) is 18.8 Å². The van der Waals surface area contributed by atoms with E-state index in [4.69, 9.17) is 0 Å². The van der Waals surface area contributed by atoms with Crippen LogP contribution in [0.3, 0.4) is 0 Å². The van der Waals surface area contributed by atoms with Crippen molar-refractivity contribution >= 4 is 17.1 Å². The summed E-state index contributed by atoms with van der Waals surface area (Å²) in [6, 6.07) is 0. The summed E-state index contributed by atoms with van der Waals surface area (Å²) < 4.78 is 38.8. The predicted molar refractivity (Wildman–Crippen MR) is 132 cm³/mol. The van der Waals surface area contributed by atoms with Gasteiger partial charge < -0.3 is 4.90 Å². The summed E-state index contributed by atoms with van der Waals surface area (Å²) in [5.74, 6) is 1.63. The van der Waals surface area contributed by atoms with Crippen LogP contribution in [0.15, 0.2) is 12.4 Å². The van der Waals surface area contributed by atoms with Crippen molar-refractivity contribution in [3.63, 3.8) is 0 Å². The second-order valence-electron chi connectivity index (χ2n) is 10.4. The van der Waals surface area contributed by atoms with Crippen LogP contribution in [-0.4, -0.2) is 51.3 Å². The standard InChI is InChI=1S/C26H37F3N4OS/c1-19-30-17-24(35-19)16-23(34)15-21-5-3-20(4-6-21)7-12-32-13-8-22-18-33(31-25(22)9-14-32)11-2-10-26(27,28)29/h17-18,20-21H,2-16H2,1H3. The zero-order valence-corrected chi connectivity index (χ0v) is 21.5. The van der Waals surface area contributed by atoms with Gasteiger partial charge in [0.05, 0.1) is 10.7 Å². The number of fused-ring (bicyclic) bond motifs is 1. The van der Waals surface area contributed by atoms with E-state index in [1.54, 1.807) is 16.0 Å². The Morgan fingerprint density at radius 2 is 1.86 bits per heavy atom. The molecule has 0 N–H and O–H groups in total. The minimum Gasteiger partial charge on any atom is -0.303 e. The Labute approximate surface area is 210 Å². The number of nitrogens with zero attached hydrogens (tertiary/aromatic N) is 4. The molecule has 0 saturated heterocycles. The summed E-state index contributed by atoms with van der Waals surface area (Å²) in [7, 11) is 0. The molecule has 194 valence electrons. The Kier molecular flexibility index (Phi) is 9.02. The quantitative estimate of drug-likeness (QED) is 0.406. The van der Waals surface area contributed by atoms with Gasteiger partial charge in [0.15, 0.2) is 0 Å². The molecule has 1 saturated carbocycles. The number of rotatable bonds is 10. The van der Waals surface area contributed by atoms with Crippen LogP contribution in [0.25, 0.3) is 0 Å². The Balaban J connectivity index is 1.12. The number of ketones is 1. The zero-order chi connectivity index (χ0) is 24.8.